The van der Waals surface area contributed by atoms with Crippen LogP contribution in [0.2, 0.25) is 0 Å². The summed E-state index contributed by atoms with van der Waals surface area (Å²) in [7, 11) is 3.23. The summed E-state index contributed by atoms with van der Waals surface area (Å²) < 4.78 is 5.34. The predicted molar refractivity (Wildman–Crippen MR) is 93.7 cm³/mol. The molecule has 2 aromatic rings. The number of ether oxygens (including phenoxy) is 1. The Morgan fingerprint density at radius 1 is 1.00 bits per heavy atom. The van der Waals surface area contributed by atoms with Crippen molar-refractivity contribution < 1.29 is 24.2 Å². The van der Waals surface area contributed by atoms with Crippen molar-refractivity contribution in [2.45, 2.75) is 0 Å². The number of nitrogens with zero attached hydrogens (tertiary/aromatic N) is 1. The number of phenols is 1. The van der Waals surface area contributed by atoms with Gasteiger partial charge in [-0.25, -0.2) is 0 Å². The largest absolute Gasteiger partial charge is 0.507 e. The third kappa shape index (κ3) is 4.97. The molecule has 0 aromatic heterocycles. The summed E-state index contributed by atoms with van der Waals surface area (Å²) in [6.07, 6.45) is 0. The van der Waals surface area contributed by atoms with E-state index < -0.39 is 11.8 Å². The van der Waals surface area contributed by atoms with Crippen molar-refractivity contribution >= 4 is 17.7 Å². The number of phenolic OH excluding ortho intramolecular Hbond substituents is 1. The number of nitrogens with one attached hydrogen (secondary N) is 2. The predicted octanol–water partition coefficient (Wildman–Crippen LogP) is 0.934. The quantitative estimate of drug-likeness (QED) is 0.690. The highest BCUT2D eigenvalue weighted by Crippen LogP contribution is 2.15. The molecule has 3 N–H and O–H groups in total. The second kappa shape index (κ2) is 8.52. The fraction of sp³-hybridized carbons (Fsp3) is 0.167. The van der Waals surface area contributed by atoms with E-state index in [1.54, 1.807) is 38.4 Å². The molecule has 0 bridgehead atoms. The molecule has 0 atom stereocenters. The number of aromatic hydroxyl groups is 1. The molecule has 0 heterocycles. The summed E-state index contributed by atoms with van der Waals surface area (Å²) in [5.74, 6) is -1.28. The van der Waals surface area contributed by atoms with E-state index in [1.165, 1.54) is 29.2 Å². The molecule has 136 valence electrons. The Balaban J connectivity index is 1.95. The van der Waals surface area contributed by atoms with Crippen LogP contribution in [0.4, 0.5) is 0 Å². The first kappa shape index (κ1) is 18.8. The number of rotatable bonds is 5. The van der Waals surface area contributed by atoms with Gasteiger partial charge in [-0.2, -0.15) is 0 Å². The molecule has 0 aliphatic carbocycles. The summed E-state index contributed by atoms with van der Waals surface area (Å²) in [5, 5.41) is 9.62. The molecule has 0 spiro atoms. The van der Waals surface area contributed by atoms with Crippen LogP contribution in [0.3, 0.4) is 0 Å². The number of amides is 3. The number of likely N-dealkylation sites (N-methyl/N-ethyl adjacent to an activating group) is 1. The minimum Gasteiger partial charge on any atom is -0.507 e. The van der Waals surface area contributed by atoms with E-state index >= 15 is 0 Å². The van der Waals surface area contributed by atoms with Crippen molar-refractivity contribution in [2.75, 3.05) is 20.7 Å². The van der Waals surface area contributed by atoms with Gasteiger partial charge < -0.3 is 14.7 Å². The third-order valence-electron chi connectivity index (χ3n) is 3.40. The molecule has 0 fully saturated rings. The van der Waals surface area contributed by atoms with Gasteiger partial charge in [0.25, 0.3) is 17.7 Å². The maximum absolute atomic E-state index is 12.1. The molecule has 8 nitrogen and oxygen atoms in total. The number of hydrogen-bond donors (Lipinski definition) is 3. The van der Waals surface area contributed by atoms with Crippen molar-refractivity contribution in [1.29, 1.82) is 0 Å². The zero-order valence-corrected chi connectivity index (χ0v) is 14.4. The Morgan fingerprint density at radius 2 is 1.69 bits per heavy atom. The molecule has 0 aliphatic heterocycles. The van der Waals surface area contributed by atoms with Crippen LogP contribution in [0, 0.1) is 0 Å². The molecule has 0 saturated heterocycles. The fourth-order valence-corrected chi connectivity index (χ4v) is 1.92. The van der Waals surface area contributed by atoms with Crippen molar-refractivity contribution in [3.05, 3.63) is 59.7 Å². The van der Waals surface area contributed by atoms with Crippen LogP contribution >= 0.6 is 0 Å². The first-order valence-electron chi connectivity index (χ1n) is 7.70. The van der Waals surface area contributed by atoms with Crippen LogP contribution in [0.25, 0.3) is 0 Å². The molecule has 2 aromatic carbocycles. The Hall–Kier alpha value is -3.55. The summed E-state index contributed by atoms with van der Waals surface area (Å²) >= 11 is 0. The average Bonchev–Trinajstić information content (AvgIpc) is 2.64. The molecule has 0 saturated carbocycles. The van der Waals surface area contributed by atoms with Crippen molar-refractivity contribution in [3.63, 3.8) is 0 Å². The van der Waals surface area contributed by atoms with E-state index in [2.05, 4.69) is 10.9 Å². The SMILES string of the molecule is CN(C)C(=O)COc1cccc(C(=O)NNC(=O)c2ccccc2O)c1. The highest BCUT2D eigenvalue weighted by Gasteiger charge is 2.13. The first-order valence-corrected chi connectivity index (χ1v) is 7.70. The molecule has 0 radical (unpaired) electrons. The molecule has 0 unspecified atom stereocenters. The average molecular weight is 357 g/mol. The lowest BCUT2D eigenvalue weighted by atomic mass is 10.2. The Morgan fingerprint density at radius 3 is 2.38 bits per heavy atom. The van der Waals surface area contributed by atoms with Gasteiger partial charge in [-0.05, 0) is 30.3 Å². The number of carbonyl (C=O) groups is 3. The highest BCUT2D eigenvalue weighted by atomic mass is 16.5. The smallest absolute Gasteiger partial charge is 0.273 e. The summed E-state index contributed by atoms with van der Waals surface area (Å²) in [5.41, 5.74) is 4.75. The molecule has 2 rings (SSSR count). The van der Waals surface area contributed by atoms with Crippen LogP contribution in [-0.4, -0.2) is 48.4 Å². The molecule has 26 heavy (non-hydrogen) atoms. The van der Waals surface area contributed by atoms with Gasteiger partial charge in [0, 0.05) is 19.7 Å². The minimum absolute atomic E-state index is 0.0343. The van der Waals surface area contributed by atoms with E-state index in [4.69, 9.17) is 4.74 Å². The summed E-state index contributed by atoms with van der Waals surface area (Å²) in [6.45, 7) is -0.151. The van der Waals surface area contributed by atoms with Crippen LogP contribution in [0.15, 0.2) is 48.5 Å². The van der Waals surface area contributed by atoms with Crippen LogP contribution in [0.1, 0.15) is 20.7 Å². The molecule has 3 amide bonds. The number of hydrazine groups is 1. The number of para-hydroxylation sites is 1. The van der Waals surface area contributed by atoms with Crippen molar-refractivity contribution in [2.24, 2.45) is 0 Å². The van der Waals surface area contributed by atoms with Gasteiger partial charge in [-0.3, -0.25) is 25.2 Å². The van der Waals surface area contributed by atoms with Crippen molar-refractivity contribution in [3.8, 4) is 11.5 Å². The Labute approximate surface area is 150 Å². The lowest BCUT2D eigenvalue weighted by Crippen LogP contribution is -2.41. The van der Waals surface area contributed by atoms with E-state index in [0.717, 1.165) is 0 Å². The lowest BCUT2D eigenvalue weighted by Gasteiger charge is -2.12. The minimum atomic E-state index is -0.652. The summed E-state index contributed by atoms with van der Waals surface area (Å²) in [4.78, 5) is 37.0. The molecule has 8 heteroatoms. The standard InChI is InChI=1S/C18H19N3O5/c1-21(2)16(23)11-26-13-7-5-6-12(10-13)17(24)19-20-18(25)14-8-3-4-9-15(14)22/h3-10,22H,11H2,1-2H3,(H,19,24)(H,20,25). The van der Waals surface area contributed by atoms with Crippen LogP contribution in [-0.2, 0) is 4.79 Å². The Kier molecular flexibility index (Phi) is 6.15. The highest BCUT2D eigenvalue weighted by molar-refractivity contribution is 6.00. The molecular formula is C18H19N3O5. The maximum Gasteiger partial charge on any atom is 0.273 e. The van der Waals surface area contributed by atoms with E-state index in [-0.39, 0.29) is 29.4 Å². The zero-order valence-electron chi connectivity index (χ0n) is 14.4. The monoisotopic (exact) mass is 357 g/mol. The lowest BCUT2D eigenvalue weighted by molar-refractivity contribution is -0.130. The second-order valence-corrected chi connectivity index (χ2v) is 5.53. The Bertz CT molecular complexity index is 820. The topological polar surface area (TPSA) is 108 Å². The fourth-order valence-electron chi connectivity index (χ4n) is 1.92. The van der Waals surface area contributed by atoms with Crippen molar-refractivity contribution in [1.82, 2.24) is 15.8 Å². The van der Waals surface area contributed by atoms with Gasteiger partial charge in [0.05, 0.1) is 5.56 Å². The second-order valence-electron chi connectivity index (χ2n) is 5.53. The van der Waals surface area contributed by atoms with Gasteiger partial charge in [-0.1, -0.05) is 18.2 Å². The van der Waals surface area contributed by atoms with Gasteiger partial charge in [0.2, 0.25) is 0 Å². The third-order valence-corrected chi connectivity index (χ3v) is 3.40. The van der Waals surface area contributed by atoms with Gasteiger partial charge in [0.15, 0.2) is 6.61 Å². The zero-order chi connectivity index (χ0) is 19.1. The van der Waals surface area contributed by atoms with E-state index in [0.29, 0.717) is 5.75 Å². The van der Waals surface area contributed by atoms with Crippen LogP contribution < -0.4 is 15.6 Å². The number of benzene rings is 2. The molecule has 0 aliphatic rings. The maximum atomic E-state index is 12.1. The molecular weight excluding hydrogens is 338 g/mol. The number of carbonyl (C=O) groups excluding carboxylic acids is 3. The van der Waals surface area contributed by atoms with Gasteiger partial charge >= 0.3 is 0 Å². The number of hydrogen-bond acceptors (Lipinski definition) is 5. The normalized spacial score (nSPS) is 9.92. The summed E-state index contributed by atoms with van der Waals surface area (Å²) in [6, 6.07) is 12.1. The van der Waals surface area contributed by atoms with Crippen LogP contribution in [0.5, 0.6) is 11.5 Å². The van der Waals surface area contributed by atoms with E-state index in [1.807, 2.05) is 0 Å². The first-order chi connectivity index (χ1) is 12.4. The van der Waals surface area contributed by atoms with Gasteiger partial charge in [0.1, 0.15) is 11.5 Å². The van der Waals surface area contributed by atoms with Gasteiger partial charge in [-0.15, -0.1) is 0 Å². The van der Waals surface area contributed by atoms with E-state index in [9.17, 15) is 19.5 Å².